The highest BCUT2D eigenvalue weighted by Crippen LogP contribution is 2.18. The summed E-state index contributed by atoms with van der Waals surface area (Å²) in [4.78, 5) is 15.0. The highest BCUT2D eigenvalue weighted by molar-refractivity contribution is 5.70. The Morgan fingerprint density at radius 2 is 2.25 bits per heavy atom. The first-order valence-electron chi connectivity index (χ1n) is 6.47. The van der Waals surface area contributed by atoms with Crippen molar-refractivity contribution in [1.82, 2.24) is 4.98 Å². The molecule has 0 radical (unpaired) electrons. The predicted molar refractivity (Wildman–Crippen MR) is 72.7 cm³/mol. The SMILES string of the molecule is CCc1oc(C)nc1COc1cccc(CC(=O)O)c1. The van der Waals surface area contributed by atoms with Gasteiger partial charge in [0.05, 0.1) is 6.42 Å². The maximum atomic E-state index is 10.7. The Morgan fingerprint density at radius 1 is 1.45 bits per heavy atom. The van der Waals surface area contributed by atoms with Crippen LogP contribution in [0, 0.1) is 6.92 Å². The number of carboxylic acids is 1. The molecule has 0 aliphatic rings. The van der Waals surface area contributed by atoms with Gasteiger partial charge in [-0.05, 0) is 17.7 Å². The van der Waals surface area contributed by atoms with Crippen LogP contribution in [0.5, 0.6) is 5.75 Å². The second kappa shape index (κ2) is 6.23. The van der Waals surface area contributed by atoms with E-state index in [-0.39, 0.29) is 6.42 Å². The van der Waals surface area contributed by atoms with Crippen LogP contribution in [0.25, 0.3) is 0 Å². The summed E-state index contributed by atoms with van der Waals surface area (Å²) in [6, 6.07) is 7.07. The number of nitrogens with zero attached hydrogens (tertiary/aromatic N) is 1. The first-order chi connectivity index (χ1) is 9.58. The normalized spacial score (nSPS) is 10.5. The van der Waals surface area contributed by atoms with Crippen molar-refractivity contribution in [2.24, 2.45) is 0 Å². The van der Waals surface area contributed by atoms with E-state index < -0.39 is 5.97 Å². The van der Waals surface area contributed by atoms with Crippen LogP contribution in [0.1, 0.15) is 29.8 Å². The van der Waals surface area contributed by atoms with Crippen molar-refractivity contribution in [2.75, 3.05) is 0 Å². The Hall–Kier alpha value is -2.30. The van der Waals surface area contributed by atoms with E-state index in [4.69, 9.17) is 14.3 Å². The number of oxazole rings is 1. The maximum Gasteiger partial charge on any atom is 0.307 e. The molecule has 0 saturated heterocycles. The molecule has 20 heavy (non-hydrogen) atoms. The number of rotatable bonds is 6. The number of carbonyl (C=O) groups is 1. The quantitative estimate of drug-likeness (QED) is 0.877. The molecule has 0 amide bonds. The van der Waals surface area contributed by atoms with Crippen molar-refractivity contribution in [3.63, 3.8) is 0 Å². The van der Waals surface area contributed by atoms with Crippen molar-refractivity contribution in [1.29, 1.82) is 0 Å². The molecule has 5 nitrogen and oxygen atoms in total. The fraction of sp³-hybridized carbons (Fsp3) is 0.333. The molecule has 0 atom stereocenters. The van der Waals surface area contributed by atoms with Crippen molar-refractivity contribution in [3.8, 4) is 5.75 Å². The van der Waals surface area contributed by atoms with Gasteiger partial charge in [0.2, 0.25) is 0 Å². The number of hydrogen-bond donors (Lipinski definition) is 1. The van der Waals surface area contributed by atoms with E-state index in [1.165, 1.54) is 0 Å². The highest BCUT2D eigenvalue weighted by atomic mass is 16.5. The molecule has 0 spiro atoms. The summed E-state index contributed by atoms with van der Waals surface area (Å²) in [5, 5.41) is 8.77. The van der Waals surface area contributed by atoms with Gasteiger partial charge in [0, 0.05) is 13.3 Å². The Morgan fingerprint density at radius 3 is 2.95 bits per heavy atom. The molecule has 0 bridgehead atoms. The third-order valence-electron chi connectivity index (χ3n) is 2.84. The number of hydrogen-bond acceptors (Lipinski definition) is 4. The van der Waals surface area contributed by atoms with Gasteiger partial charge < -0.3 is 14.3 Å². The van der Waals surface area contributed by atoms with Gasteiger partial charge in [-0.1, -0.05) is 19.1 Å². The molecule has 106 valence electrons. The van der Waals surface area contributed by atoms with Crippen molar-refractivity contribution in [3.05, 3.63) is 47.2 Å². The lowest BCUT2D eigenvalue weighted by Crippen LogP contribution is -2.02. The minimum absolute atomic E-state index is 0.0134. The maximum absolute atomic E-state index is 10.7. The largest absolute Gasteiger partial charge is 0.487 e. The number of ether oxygens (including phenoxy) is 1. The third-order valence-corrected chi connectivity index (χ3v) is 2.84. The standard InChI is InChI=1S/C15H17NO4/c1-3-14-13(16-10(2)20-14)9-19-12-6-4-5-11(7-12)8-15(17)18/h4-7H,3,8-9H2,1-2H3,(H,17,18). The highest BCUT2D eigenvalue weighted by Gasteiger charge is 2.10. The Labute approximate surface area is 117 Å². The molecule has 0 aliphatic carbocycles. The first kappa shape index (κ1) is 14.1. The molecular formula is C15H17NO4. The van der Waals surface area contributed by atoms with E-state index in [1.54, 1.807) is 31.2 Å². The van der Waals surface area contributed by atoms with Crippen molar-refractivity contribution in [2.45, 2.75) is 33.3 Å². The van der Waals surface area contributed by atoms with E-state index in [0.29, 0.717) is 23.8 Å². The molecular weight excluding hydrogens is 258 g/mol. The van der Waals surface area contributed by atoms with Crippen molar-refractivity contribution >= 4 is 5.97 Å². The molecule has 0 aliphatic heterocycles. The lowest BCUT2D eigenvalue weighted by atomic mass is 10.1. The number of benzene rings is 1. The summed E-state index contributed by atoms with van der Waals surface area (Å²) in [6.07, 6.45) is 0.749. The molecule has 2 rings (SSSR count). The van der Waals surface area contributed by atoms with Gasteiger partial charge >= 0.3 is 5.97 Å². The average Bonchev–Trinajstić information content (AvgIpc) is 2.76. The lowest BCUT2D eigenvalue weighted by molar-refractivity contribution is -0.136. The van der Waals surface area contributed by atoms with E-state index in [1.807, 2.05) is 6.92 Å². The van der Waals surface area contributed by atoms with Crippen molar-refractivity contribution < 1.29 is 19.1 Å². The molecule has 1 N–H and O–H groups in total. The molecule has 2 aromatic rings. The van der Waals surface area contributed by atoms with Crippen LogP contribution in [-0.4, -0.2) is 16.1 Å². The van der Waals surface area contributed by atoms with E-state index in [2.05, 4.69) is 4.98 Å². The average molecular weight is 275 g/mol. The van der Waals surface area contributed by atoms with Crippen LogP contribution < -0.4 is 4.74 Å². The van der Waals surface area contributed by atoms with Crippen LogP contribution in [0.2, 0.25) is 0 Å². The molecule has 5 heteroatoms. The van der Waals surface area contributed by atoms with Crippen LogP contribution in [-0.2, 0) is 24.2 Å². The topological polar surface area (TPSA) is 72.6 Å². The lowest BCUT2D eigenvalue weighted by Gasteiger charge is -2.06. The smallest absolute Gasteiger partial charge is 0.307 e. The predicted octanol–water partition coefficient (Wildman–Crippen LogP) is 2.75. The van der Waals surface area contributed by atoms with Crippen LogP contribution in [0.15, 0.2) is 28.7 Å². The van der Waals surface area contributed by atoms with Gasteiger partial charge in [0.1, 0.15) is 23.8 Å². The third kappa shape index (κ3) is 3.60. The van der Waals surface area contributed by atoms with Gasteiger partial charge in [0.15, 0.2) is 5.89 Å². The molecule has 1 heterocycles. The van der Waals surface area contributed by atoms with E-state index in [9.17, 15) is 4.79 Å². The van der Waals surface area contributed by atoms with Gasteiger partial charge in [-0.25, -0.2) is 4.98 Å². The summed E-state index contributed by atoms with van der Waals surface area (Å²) in [6.45, 7) is 4.12. The molecule has 0 unspecified atom stereocenters. The number of aromatic nitrogens is 1. The summed E-state index contributed by atoms with van der Waals surface area (Å²) in [5.74, 6) is 1.22. The number of carboxylic acid groups (broad SMARTS) is 1. The second-order valence-corrected chi connectivity index (χ2v) is 4.46. The van der Waals surface area contributed by atoms with Crippen LogP contribution in [0.4, 0.5) is 0 Å². The Kier molecular flexibility index (Phi) is 4.40. The Bertz CT molecular complexity index is 604. The number of aryl methyl sites for hydroxylation is 2. The van der Waals surface area contributed by atoms with Crippen LogP contribution >= 0.6 is 0 Å². The molecule has 0 fully saturated rings. The fourth-order valence-corrected chi connectivity index (χ4v) is 1.97. The van der Waals surface area contributed by atoms with Gasteiger partial charge in [-0.2, -0.15) is 0 Å². The van der Waals surface area contributed by atoms with Gasteiger partial charge in [-0.15, -0.1) is 0 Å². The minimum atomic E-state index is -0.859. The summed E-state index contributed by atoms with van der Waals surface area (Å²) in [7, 11) is 0. The Balaban J connectivity index is 2.05. The fourth-order valence-electron chi connectivity index (χ4n) is 1.97. The molecule has 1 aromatic heterocycles. The zero-order valence-electron chi connectivity index (χ0n) is 11.5. The monoisotopic (exact) mass is 275 g/mol. The molecule has 1 aromatic carbocycles. The summed E-state index contributed by atoms with van der Waals surface area (Å²) >= 11 is 0. The van der Waals surface area contributed by atoms with E-state index in [0.717, 1.165) is 17.9 Å². The zero-order valence-corrected chi connectivity index (χ0v) is 11.5. The minimum Gasteiger partial charge on any atom is -0.487 e. The summed E-state index contributed by atoms with van der Waals surface area (Å²) in [5.41, 5.74) is 1.50. The molecule has 0 saturated carbocycles. The van der Waals surface area contributed by atoms with E-state index >= 15 is 0 Å². The van der Waals surface area contributed by atoms with Gasteiger partial charge in [0.25, 0.3) is 0 Å². The second-order valence-electron chi connectivity index (χ2n) is 4.46. The zero-order chi connectivity index (χ0) is 14.5. The number of aliphatic carboxylic acids is 1. The van der Waals surface area contributed by atoms with Gasteiger partial charge in [-0.3, -0.25) is 4.79 Å². The summed E-state index contributed by atoms with van der Waals surface area (Å²) < 4.78 is 11.1. The van der Waals surface area contributed by atoms with Crippen LogP contribution in [0.3, 0.4) is 0 Å². The first-order valence-corrected chi connectivity index (χ1v) is 6.47.